The minimum atomic E-state index is -0.568. The first kappa shape index (κ1) is 16.7. The number of carbonyl (C=O) groups is 1. The van der Waals surface area contributed by atoms with Crippen LogP contribution in [0.3, 0.4) is 0 Å². The summed E-state index contributed by atoms with van der Waals surface area (Å²) in [5.74, 6) is 0. The van der Waals surface area contributed by atoms with E-state index in [2.05, 4.69) is 11.4 Å². The third-order valence-corrected chi connectivity index (χ3v) is 4.71. The normalized spacial score (nSPS) is 10.1. The van der Waals surface area contributed by atoms with E-state index in [9.17, 15) is 10.1 Å². The molecule has 0 fully saturated rings. The van der Waals surface area contributed by atoms with Gasteiger partial charge in [0.05, 0.1) is 5.56 Å². The van der Waals surface area contributed by atoms with Gasteiger partial charge < -0.3 is 4.74 Å². The summed E-state index contributed by atoms with van der Waals surface area (Å²) in [6.45, 7) is 2.12. The predicted molar refractivity (Wildman–Crippen MR) is 99.5 cm³/mol. The Morgan fingerprint density at radius 2 is 1.76 bits per heavy atom. The van der Waals surface area contributed by atoms with E-state index in [1.807, 2.05) is 67.6 Å². The number of nitriles is 1. The molecule has 0 bridgehead atoms. The van der Waals surface area contributed by atoms with Crippen LogP contribution in [0.25, 0.3) is 11.1 Å². The fourth-order valence-electron chi connectivity index (χ4n) is 2.54. The van der Waals surface area contributed by atoms with Crippen molar-refractivity contribution in [1.29, 1.82) is 5.26 Å². The summed E-state index contributed by atoms with van der Waals surface area (Å²) in [7, 11) is 0. The summed E-state index contributed by atoms with van der Waals surface area (Å²) < 4.78 is 5.23. The SMILES string of the molecule is Cc1sc(NC(=O)OCc2ccccc2)c(C#N)c1-c1ccccc1. The number of ether oxygens (including phenoxy) is 1. The molecule has 1 N–H and O–H groups in total. The van der Waals surface area contributed by atoms with Gasteiger partial charge in [0.1, 0.15) is 17.7 Å². The molecule has 2 aromatic carbocycles. The van der Waals surface area contributed by atoms with Crippen molar-refractivity contribution in [2.75, 3.05) is 5.32 Å². The lowest BCUT2D eigenvalue weighted by Crippen LogP contribution is -2.13. The van der Waals surface area contributed by atoms with Gasteiger partial charge >= 0.3 is 6.09 Å². The van der Waals surface area contributed by atoms with E-state index in [-0.39, 0.29) is 6.61 Å². The van der Waals surface area contributed by atoms with E-state index in [4.69, 9.17) is 4.74 Å². The number of rotatable bonds is 4. The molecule has 0 aliphatic carbocycles. The molecule has 3 rings (SSSR count). The Bertz CT molecular complexity index is 912. The quantitative estimate of drug-likeness (QED) is 0.692. The highest BCUT2D eigenvalue weighted by Crippen LogP contribution is 2.39. The minimum Gasteiger partial charge on any atom is -0.444 e. The molecule has 25 heavy (non-hydrogen) atoms. The number of hydrogen-bond donors (Lipinski definition) is 1. The molecule has 0 atom stereocenters. The summed E-state index contributed by atoms with van der Waals surface area (Å²) >= 11 is 1.38. The highest BCUT2D eigenvalue weighted by molar-refractivity contribution is 7.17. The van der Waals surface area contributed by atoms with Gasteiger partial charge in [-0.2, -0.15) is 5.26 Å². The Morgan fingerprint density at radius 1 is 1.12 bits per heavy atom. The Kier molecular flexibility index (Phi) is 5.12. The van der Waals surface area contributed by atoms with Crippen LogP contribution in [-0.4, -0.2) is 6.09 Å². The van der Waals surface area contributed by atoms with Crippen molar-refractivity contribution in [3.05, 3.63) is 76.7 Å². The third kappa shape index (κ3) is 3.87. The van der Waals surface area contributed by atoms with Crippen LogP contribution in [0, 0.1) is 18.3 Å². The molecule has 1 aromatic heterocycles. The lowest BCUT2D eigenvalue weighted by atomic mass is 10.0. The summed E-state index contributed by atoms with van der Waals surface area (Å²) in [6.07, 6.45) is -0.568. The number of benzene rings is 2. The summed E-state index contributed by atoms with van der Waals surface area (Å²) in [5.41, 5.74) is 3.18. The molecule has 0 spiro atoms. The lowest BCUT2D eigenvalue weighted by molar-refractivity contribution is 0.155. The van der Waals surface area contributed by atoms with E-state index in [1.54, 1.807) is 0 Å². The van der Waals surface area contributed by atoms with Crippen molar-refractivity contribution in [3.8, 4) is 17.2 Å². The van der Waals surface area contributed by atoms with Crippen LogP contribution < -0.4 is 5.32 Å². The molecular weight excluding hydrogens is 332 g/mol. The molecule has 0 saturated carbocycles. The van der Waals surface area contributed by atoms with Gasteiger partial charge in [-0.3, -0.25) is 5.32 Å². The summed E-state index contributed by atoms with van der Waals surface area (Å²) in [6, 6.07) is 21.3. The molecule has 1 heterocycles. The van der Waals surface area contributed by atoms with Crippen molar-refractivity contribution in [2.45, 2.75) is 13.5 Å². The molecule has 4 nitrogen and oxygen atoms in total. The second-order valence-corrected chi connectivity index (χ2v) is 6.63. The van der Waals surface area contributed by atoms with E-state index >= 15 is 0 Å². The predicted octanol–water partition coefficient (Wildman–Crippen LogP) is 5.34. The van der Waals surface area contributed by atoms with Crippen LogP contribution in [0.5, 0.6) is 0 Å². The maximum atomic E-state index is 12.1. The maximum absolute atomic E-state index is 12.1. The molecule has 3 aromatic rings. The van der Waals surface area contributed by atoms with Crippen molar-refractivity contribution in [2.24, 2.45) is 0 Å². The Morgan fingerprint density at radius 3 is 2.40 bits per heavy atom. The average Bonchev–Trinajstić information content (AvgIpc) is 2.96. The molecule has 5 heteroatoms. The summed E-state index contributed by atoms with van der Waals surface area (Å²) in [5, 5.41) is 12.8. The fourth-order valence-corrected chi connectivity index (χ4v) is 3.56. The van der Waals surface area contributed by atoms with E-state index in [0.29, 0.717) is 10.6 Å². The first-order valence-corrected chi connectivity index (χ1v) is 8.57. The van der Waals surface area contributed by atoms with Gasteiger partial charge in [0.15, 0.2) is 0 Å². The van der Waals surface area contributed by atoms with Gasteiger partial charge in [0.25, 0.3) is 0 Å². The number of amides is 1. The minimum absolute atomic E-state index is 0.185. The van der Waals surface area contributed by atoms with Crippen molar-refractivity contribution < 1.29 is 9.53 Å². The average molecular weight is 348 g/mol. The second-order valence-electron chi connectivity index (χ2n) is 5.40. The Balaban J connectivity index is 1.77. The molecular formula is C20H16N2O2S. The third-order valence-electron chi connectivity index (χ3n) is 3.69. The van der Waals surface area contributed by atoms with Crippen molar-refractivity contribution in [3.63, 3.8) is 0 Å². The molecule has 0 saturated heterocycles. The van der Waals surface area contributed by atoms with E-state index < -0.39 is 6.09 Å². The smallest absolute Gasteiger partial charge is 0.412 e. The zero-order chi connectivity index (χ0) is 17.6. The van der Waals surface area contributed by atoms with Crippen molar-refractivity contribution >= 4 is 22.4 Å². The van der Waals surface area contributed by atoms with Gasteiger partial charge in [-0.1, -0.05) is 60.7 Å². The van der Waals surface area contributed by atoms with Crippen LogP contribution >= 0.6 is 11.3 Å². The van der Waals surface area contributed by atoms with Crippen LogP contribution in [0.2, 0.25) is 0 Å². The van der Waals surface area contributed by atoms with Gasteiger partial charge in [-0.05, 0) is 18.1 Å². The van der Waals surface area contributed by atoms with Crippen LogP contribution in [0.15, 0.2) is 60.7 Å². The first-order valence-electron chi connectivity index (χ1n) is 7.75. The molecule has 0 aliphatic heterocycles. The van der Waals surface area contributed by atoms with E-state index in [0.717, 1.165) is 21.6 Å². The van der Waals surface area contributed by atoms with Crippen LogP contribution in [-0.2, 0) is 11.3 Å². The molecule has 124 valence electrons. The molecule has 1 amide bonds. The largest absolute Gasteiger partial charge is 0.444 e. The van der Waals surface area contributed by atoms with Gasteiger partial charge in [-0.15, -0.1) is 11.3 Å². The number of anilines is 1. The highest BCUT2D eigenvalue weighted by atomic mass is 32.1. The van der Waals surface area contributed by atoms with Gasteiger partial charge in [-0.25, -0.2) is 4.79 Å². The van der Waals surface area contributed by atoms with Gasteiger partial charge in [0, 0.05) is 10.4 Å². The zero-order valence-corrected chi connectivity index (χ0v) is 14.5. The topological polar surface area (TPSA) is 62.1 Å². The Hall–Kier alpha value is -3.10. The highest BCUT2D eigenvalue weighted by Gasteiger charge is 2.19. The molecule has 0 radical (unpaired) electrons. The van der Waals surface area contributed by atoms with Crippen molar-refractivity contribution in [1.82, 2.24) is 0 Å². The lowest BCUT2D eigenvalue weighted by Gasteiger charge is -2.06. The fraction of sp³-hybridized carbons (Fsp3) is 0.100. The van der Waals surface area contributed by atoms with E-state index in [1.165, 1.54) is 11.3 Å². The first-order chi connectivity index (χ1) is 12.2. The molecule has 0 aliphatic rings. The number of nitrogens with zero attached hydrogens (tertiary/aromatic N) is 1. The standard InChI is InChI=1S/C20H16N2O2S/c1-14-18(16-10-6-3-7-11-16)17(12-21)19(25-14)22-20(23)24-13-15-8-4-2-5-9-15/h2-11H,13H2,1H3,(H,22,23). The number of thiophene rings is 1. The number of hydrogen-bond acceptors (Lipinski definition) is 4. The van der Waals surface area contributed by atoms with Crippen LogP contribution in [0.4, 0.5) is 9.80 Å². The number of aryl methyl sites for hydroxylation is 1. The second kappa shape index (κ2) is 7.65. The molecule has 0 unspecified atom stereocenters. The number of nitrogens with one attached hydrogen (secondary N) is 1. The van der Waals surface area contributed by atoms with Crippen LogP contribution in [0.1, 0.15) is 16.0 Å². The van der Waals surface area contributed by atoms with Gasteiger partial charge in [0.2, 0.25) is 0 Å². The zero-order valence-electron chi connectivity index (χ0n) is 13.7. The number of carbonyl (C=O) groups excluding carboxylic acids is 1. The summed E-state index contributed by atoms with van der Waals surface area (Å²) in [4.78, 5) is 13.0. The monoisotopic (exact) mass is 348 g/mol. The Labute approximate surface area is 150 Å². The maximum Gasteiger partial charge on any atom is 0.412 e.